The SMILES string of the molecule is O=C(NC1CCCC1)C(Sc1nccc(=O)[nH]1)c1ccccc1. The number of aromatic nitrogens is 2. The summed E-state index contributed by atoms with van der Waals surface area (Å²) in [5, 5.41) is 3.16. The van der Waals surface area contributed by atoms with E-state index in [-0.39, 0.29) is 17.5 Å². The first-order chi connectivity index (χ1) is 11.2. The molecule has 120 valence electrons. The first-order valence-electron chi connectivity index (χ1n) is 7.80. The predicted octanol–water partition coefficient (Wildman–Crippen LogP) is 2.66. The Morgan fingerprint density at radius 2 is 1.96 bits per heavy atom. The van der Waals surface area contributed by atoms with Crippen molar-refractivity contribution in [3.8, 4) is 0 Å². The van der Waals surface area contributed by atoms with Gasteiger partial charge < -0.3 is 10.3 Å². The van der Waals surface area contributed by atoms with E-state index >= 15 is 0 Å². The van der Waals surface area contributed by atoms with Gasteiger partial charge in [-0.25, -0.2) is 4.98 Å². The lowest BCUT2D eigenvalue weighted by Crippen LogP contribution is -2.35. The molecular formula is C17H19N3O2S. The van der Waals surface area contributed by atoms with E-state index in [2.05, 4.69) is 15.3 Å². The van der Waals surface area contributed by atoms with Crippen LogP contribution in [0.3, 0.4) is 0 Å². The number of amides is 1. The van der Waals surface area contributed by atoms with Crippen LogP contribution in [0.2, 0.25) is 0 Å². The number of thioether (sulfide) groups is 1. The Bertz CT molecular complexity index is 711. The molecule has 1 aromatic carbocycles. The lowest BCUT2D eigenvalue weighted by molar-refractivity contribution is -0.121. The molecule has 1 heterocycles. The van der Waals surface area contributed by atoms with Crippen LogP contribution in [0, 0.1) is 0 Å². The topological polar surface area (TPSA) is 74.8 Å². The van der Waals surface area contributed by atoms with Gasteiger partial charge in [0.05, 0.1) is 0 Å². The minimum absolute atomic E-state index is 0.0281. The Labute approximate surface area is 138 Å². The molecule has 0 saturated heterocycles. The summed E-state index contributed by atoms with van der Waals surface area (Å²) in [7, 11) is 0. The van der Waals surface area contributed by atoms with Crippen molar-refractivity contribution in [3.63, 3.8) is 0 Å². The van der Waals surface area contributed by atoms with Crippen LogP contribution in [0.25, 0.3) is 0 Å². The monoisotopic (exact) mass is 329 g/mol. The predicted molar refractivity (Wildman–Crippen MR) is 90.3 cm³/mol. The fourth-order valence-electron chi connectivity index (χ4n) is 2.77. The Morgan fingerprint density at radius 1 is 1.22 bits per heavy atom. The molecule has 1 atom stereocenters. The van der Waals surface area contributed by atoms with Crippen LogP contribution in [0.1, 0.15) is 36.5 Å². The highest BCUT2D eigenvalue weighted by atomic mass is 32.2. The standard InChI is InChI=1S/C17H19N3O2S/c21-14-10-11-18-17(20-14)23-15(12-6-2-1-3-7-12)16(22)19-13-8-4-5-9-13/h1-3,6-7,10-11,13,15H,4-5,8-9H2,(H,19,22)(H,18,20,21). The van der Waals surface area contributed by atoms with Gasteiger partial charge in [-0.05, 0) is 18.4 Å². The van der Waals surface area contributed by atoms with Gasteiger partial charge in [-0.3, -0.25) is 9.59 Å². The molecule has 6 heteroatoms. The van der Waals surface area contributed by atoms with Gasteiger partial charge in [0.1, 0.15) is 5.25 Å². The molecule has 1 aliphatic carbocycles. The third-order valence-corrected chi connectivity index (χ3v) is 5.07. The summed E-state index contributed by atoms with van der Waals surface area (Å²) in [6, 6.07) is 11.2. The normalized spacial score (nSPS) is 16.2. The minimum Gasteiger partial charge on any atom is -0.352 e. The number of carbonyl (C=O) groups is 1. The first-order valence-corrected chi connectivity index (χ1v) is 8.67. The highest BCUT2D eigenvalue weighted by Gasteiger charge is 2.26. The van der Waals surface area contributed by atoms with Gasteiger partial charge >= 0.3 is 0 Å². The van der Waals surface area contributed by atoms with Gasteiger partial charge in [0.15, 0.2) is 5.16 Å². The maximum absolute atomic E-state index is 12.7. The second-order valence-electron chi connectivity index (χ2n) is 5.64. The van der Waals surface area contributed by atoms with Crippen LogP contribution in [0.15, 0.2) is 52.5 Å². The third kappa shape index (κ3) is 4.22. The molecule has 1 fully saturated rings. The van der Waals surface area contributed by atoms with E-state index in [9.17, 15) is 9.59 Å². The maximum atomic E-state index is 12.7. The summed E-state index contributed by atoms with van der Waals surface area (Å²) >= 11 is 1.27. The first kappa shape index (κ1) is 15.8. The van der Waals surface area contributed by atoms with E-state index in [4.69, 9.17) is 0 Å². The smallest absolute Gasteiger partial charge is 0.251 e. The van der Waals surface area contributed by atoms with Crippen molar-refractivity contribution in [1.29, 1.82) is 0 Å². The van der Waals surface area contributed by atoms with Gasteiger partial charge in [0, 0.05) is 18.3 Å². The largest absolute Gasteiger partial charge is 0.352 e. The van der Waals surface area contributed by atoms with Gasteiger partial charge in [0.25, 0.3) is 5.56 Å². The van der Waals surface area contributed by atoms with Crippen molar-refractivity contribution in [1.82, 2.24) is 15.3 Å². The Morgan fingerprint density at radius 3 is 2.65 bits per heavy atom. The Hall–Kier alpha value is -2.08. The number of rotatable bonds is 5. The van der Waals surface area contributed by atoms with Crippen LogP contribution in [-0.2, 0) is 4.79 Å². The van der Waals surface area contributed by atoms with Crippen LogP contribution < -0.4 is 10.9 Å². The molecular weight excluding hydrogens is 310 g/mol. The number of nitrogens with zero attached hydrogens (tertiary/aromatic N) is 1. The van der Waals surface area contributed by atoms with E-state index in [1.54, 1.807) is 0 Å². The van der Waals surface area contributed by atoms with E-state index < -0.39 is 5.25 Å². The van der Waals surface area contributed by atoms with Gasteiger partial charge in [-0.15, -0.1) is 0 Å². The lowest BCUT2D eigenvalue weighted by atomic mass is 10.1. The van der Waals surface area contributed by atoms with E-state index in [1.165, 1.54) is 36.9 Å². The molecule has 0 radical (unpaired) electrons. The number of carbonyl (C=O) groups excluding carboxylic acids is 1. The molecule has 1 aliphatic rings. The zero-order valence-corrected chi connectivity index (χ0v) is 13.5. The van der Waals surface area contributed by atoms with Crippen molar-refractivity contribution < 1.29 is 4.79 Å². The summed E-state index contributed by atoms with van der Waals surface area (Å²) in [5.74, 6) is -0.0281. The number of nitrogens with one attached hydrogen (secondary N) is 2. The fraction of sp³-hybridized carbons (Fsp3) is 0.353. The summed E-state index contributed by atoms with van der Waals surface area (Å²) in [6.07, 6.45) is 5.87. The van der Waals surface area contributed by atoms with Crippen LogP contribution in [0.4, 0.5) is 0 Å². The molecule has 1 saturated carbocycles. The average molecular weight is 329 g/mol. The van der Waals surface area contributed by atoms with Crippen molar-refractivity contribution >= 4 is 17.7 Å². The van der Waals surface area contributed by atoms with Crippen molar-refractivity contribution in [3.05, 3.63) is 58.5 Å². The average Bonchev–Trinajstić information content (AvgIpc) is 3.06. The molecule has 1 amide bonds. The number of H-pyrrole nitrogens is 1. The van der Waals surface area contributed by atoms with Crippen molar-refractivity contribution in [2.45, 2.75) is 42.1 Å². The molecule has 2 aromatic rings. The van der Waals surface area contributed by atoms with Crippen LogP contribution in [0.5, 0.6) is 0 Å². The molecule has 1 aromatic heterocycles. The van der Waals surface area contributed by atoms with Crippen molar-refractivity contribution in [2.75, 3.05) is 0 Å². The van der Waals surface area contributed by atoms with Gasteiger partial charge in [-0.1, -0.05) is 54.9 Å². The number of aromatic amines is 1. The quantitative estimate of drug-likeness (QED) is 0.653. The molecule has 0 aliphatic heterocycles. The number of hydrogen-bond donors (Lipinski definition) is 2. The summed E-state index contributed by atoms with van der Waals surface area (Å²) in [4.78, 5) is 31.0. The third-order valence-electron chi connectivity index (χ3n) is 3.92. The second kappa shape index (κ2) is 7.46. The Balaban J connectivity index is 1.81. The second-order valence-corrected chi connectivity index (χ2v) is 6.73. The molecule has 23 heavy (non-hydrogen) atoms. The summed E-state index contributed by atoms with van der Waals surface area (Å²) in [6.45, 7) is 0. The minimum atomic E-state index is -0.428. The zero-order valence-electron chi connectivity index (χ0n) is 12.7. The molecule has 5 nitrogen and oxygen atoms in total. The molecule has 1 unspecified atom stereocenters. The van der Waals surface area contributed by atoms with E-state index in [0.717, 1.165) is 18.4 Å². The highest BCUT2D eigenvalue weighted by molar-refractivity contribution is 8.00. The van der Waals surface area contributed by atoms with Gasteiger partial charge in [-0.2, -0.15) is 0 Å². The number of benzene rings is 1. The van der Waals surface area contributed by atoms with Crippen LogP contribution >= 0.6 is 11.8 Å². The molecule has 0 bridgehead atoms. The van der Waals surface area contributed by atoms with Crippen LogP contribution in [-0.4, -0.2) is 21.9 Å². The van der Waals surface area contributed by atoms with E-state index in [0.29, 0.717) is 5.16 Å². The van der Waals surface area contributed by atoms with E-state index in [1.807, 2.05) is 30.3 Å². The zero-order chi connectivity index (χ0) is 16.1. The highest BCUT2D eigenvalue weighted by Crippen LogP contribution is 2.33. The molecule has 3 rings (SSSR count). The molecule has 0 spiro atoms. The lowest BCUT2D eigenvalue weighted by Gasteiger charge is -2.19. The fourth-order valence-corrected chi connectivity index (χ4v) is 3.74. The maximum Gasteiger partial charge on any atom is 0.251 e. The summed E-state index contributed by atoms with van der Waals surface area (Å²) < 4.78 is 0. The van der Waals surface area contributed by atoms with Gasteiger partial charge in [0.2, 0.25) is 5.91 Å². The van der Waals surface area contributed by atoms with Crippen molar-refractivity contribution in [2.24, 2.45) is 0 Å². The number of hydrogen-bond acceptors (Lipinski definition) is 4. The Kier molecular flexibility index (Phi) is 5.12. The molecule has 2 N–H and O–H groups in total. The summed E-state index contributed by atoms with van der Waals surface area (Å²) in [5.41, 5.74) is 0.685.